The smallest absolute Gasteiger partial charge is 0.272 e. The SMILES string of the molecule is CC(C(=O)NCc1nncn1C1CCCCC1)c1n[nH]c(=O)c2ccccc12. The largest absolute Gasteiger partial charge is 0.348 e. The van der Waals surface area contributed by atoms with E-state index in [0.717, 1.165) is 18.7 Å². The molecule has 0 saturated heterocycles. The summed E-state index contributed by atoms with van der Waals surface area (Å²) in [7, 11) is 0. The molecule has 1 atom stereocenters. The van der Waals surface area contributed by atoms with Crippen LogP contribution in [0.3, 0.4) is 0 Å². The van der Waals surface area contributed by atoms with Gasteiger partial charge in [0.15, 0.2) is 5.82 Å². The Bertz CT molecular complexity index is 1030. The van der Waals surface area contributed by atoms with E-state index in [0.29, 0.717) is 29.1 Å². The molecule has 1 fully saturated rings. The first-order valence-electron chi connectivity index (χ1n) is 9.78. The van der Waals surface area contributed by atoms with Crippen molar-refractivity contribution in [1.29, 1.82) is 0 Å². The fourth-order valence-corrected chi connectivity index (χ4v) is 3.97. The maximum Gasteiger partial charge on any atom is 0.272 e. The van der Waals surface area contributed by atoms with E-state index < -0.39 is 5.92 Å². The zero-order valence-corrected chi connectivity index (χ0v) is 15.9. The number of amides is 1. The van der Waals surface area contributed by atoms with E-state index in [9.17, 15) is 9.59 Å². The zero-order chi connectivity index (χ0) is 19.5. The number of nitrogens with zero attached hydrogens (tertiary/aromatic N) is 4. The van der Waals surface area contributed by atoms with Crippen molar-refractivity contribution in [2.45, 2.75) is 57.5 Å². The third-order valence-electron chi connectivity index (χ3n) is 5.57. The van der Waals surface area contributed by atoms with Crippen LogP contribution in [0.2, 0.25) is 0 Å². The minimum atomic E-state index is -0.507. The topological polar surface area (TPSA) is 106 Å². The molecule has 1 amide bonds. The van der Waals surface area contributed by atoms with Gasteiger partial charge in [-0.2, -0.15) is 5.10 Å². The number of fused-ring (bicyclic) bond motifs is 1. The van der Waals surface area contributed by atoms with Crippen LogP contribution in [0.25, 0.3) is 10.8 Å². The Morgan fingerprint density at radius 3 is 2.79 bits per heavy atom. The average Bonchev–Trinajstić information content (AvgIpc) is 3.21. The van der Waals surface area contributed by atoms with Crippen LogP contribution in [0.15, 0.2) is 35.4 Å². The Hall–Kier alpha value is -3.03. The molecule has 0 spiro atoms. The molecule has 1 aromatic carbocycles. The molecule has 0 bridgehead atoms. The van der Waals surface area contributed by atoms with E-state index in [-0.39, 0.29) is 11.5 Å². The Balaban J connectivity index is 1.49. The fraction of sp³-hybridized carbons (Fsp3) is 0.450. The number of hydrogen-bond donors (Lipinski definition) is 2. The quantitative estimate of drug-likeness (QED) is 0.707. The van der Waals surface area contributed by atoms with Crippen LogP contribution in [0.5, 0.6) is 0 Å². The first kappa shape index (κ1) is 18.3. The summed E-state index contributed by atoms with van der Waals surface area (Å²) in [4.78, 5) is 24.7. The molecule has 1 aliphatic rings. The second-order valence-corrected chi connectivity index (χ2v) is 7.37. The number of rotatable bonds is 5. The van der Waals surface area contributed by atoms with Crippen LogP contribution in [-0.2, 0) is 11.3 Å². The van der Waals surface area contributed by atoms with Gasteiger partial charge < -0.3 is 9.88 Å². The number of benzene rings is 1. The monoisotopic (exact) mass is 380 g/mol. The molecule has 8 heteroatoms. The lowest BCUT2D eigenvalue weighted by atomic mass is 9.95. The molecule has 2 heterocycles. The maximum atomic E-state index is 12.8. The van der Waals surface area contributed by atoms with Crippen LogP contribution >= 0.6 is 0 Å². The van der Waals surface area contributed by atoms with Crippen molar-refractivity contribution < 1.29 is 4.79 Å². The summed E-state index contributed by atoms with van der Waals surface area (Å²) in [6, 6.07) is 7.60. The van der Waals surface area contributed by atoms with Crippen LogP contribution in [0.1, 0.15) is 62.5 Å². The molecule has 8 nitrogen and oxygen atoms in total. The van der Waals surface area contributed by atoms with Gasteiger partial charge in [-0.1, -0.05) is 37.5 Å². The number of hydrogen-bond acceptors (Lipinski definition) is 5. The van der Waals surface area contributed by atoms with Gasteiger partial charge in [0.2, 0.25) is 5.91 Å². The van der Waals surface area contributed by atoms with E-state index in [1.54, 1.807) is 25.4 Å². The molecule has 1 saturated carbocycles. The van der Waals surface area contributed by atoms with Gasteiger partial charge >= 0.3 is 0 Å². The molecule has 0 aliphatic heterocycles. The molecule has 0 radical (unpaired) electrons. The van der Waals surface area contributed by atoms with Gasteiger partial charge in [-0.3, -0.25) is 9.59 Å². The molecule has 3 aromatic rings. The second-order valence-electron chi connectivity index (χ2n) is 7.37. The third kappa shape index (κ3) is 3.54. The highest BCUT2D eigenvalue weighted by atomic mass is 16.2. The highest BCUT2D eigenvalue weighted by Crippen LogP contribution is 2.28. The van der Waals surface area contributed by atoms with Crippen LogP contribution in [0.4, 0.5) is 0 Å². The lowest BCUT2D eigenvalue weighted by Crippen LogP contribution is -2.30. The average molecular weight is 380 g/mol. The van der Waals surface area contributed by atoms with E-state index in [1.807, 2.05) is 12.1 Å². The zero-order valence-electron chi connectivity index (χ0n) is 15.9. The summed E-state index contributed by atoms with van der Waals surface area (Å²) in [6.07, 6.45) is 7.73. The number of carbonyl (C=O) groups excluding carboxylic acids is 1. The van der Waals surface area contributed by atoms with Crippen LogP contribution in [-0.4, -0.2) is 30.9 Å². The summed E-state index contributed by atoms with van der Waals surface area (Å²) in [6.45, 7) is 2.11. The number of aromatic nitrogens is 5. The minimum absolute atomic E-state index is 0.164. The lowest BCUT2D eigenvalue weighted by molar-refractivity contribution is -0.122. The molecule has 2 N–H and O–H groups in total. The summed E-state index contributed by atoms with van der Waals surface area (Å²) in [5, 5.41) is 19.0. The molecular formula is C20H24N6O2. The second kappa shape index (κ2) is 7.92. The van der Waals surface area contributed by atoms with Crippen molar-refractivity contribution >= 4 is 16.7 Å². The van der Waals surface area contributed by atoms with Gasteiger partial charge in [-0.15, -0.1) is 10.2 Å². The van der Waals surface area contributed by atoms with Crippen LogP contribution < -0.4 is 10.9 Å². The minimum Gasteiger partial charge on any atom is -0.348 e. The van der Waals surface area contributed by atoms with Crippen molar-refractivity contribution in [1.82, 2.24) is 30.3 Å². The first-order valence-corrected chi connectivity index (χ1v) is 9.78. The predicted molar refractivity (Wildman–Crippen MR) is 105 cm³/mol. The van der Waals surface area contributed by atoms with Crippen molar-refractivity contribution in [3.63, 3.8) is 0 Å². The summed E-state index contributed by atoms with van der Waals surface area (Å²) >= 11 is 0. The van der Waals surface area contributed by atoms with Crippen molar-refractivity contribution in [3.8, 4) is 0 Å². The molecule has 28 heavy (non-hydrogen) atoms. The molecule has 146 valence electrons. The molecular weight excluding hydrogens is 356 g/mol. The number of carbonyl (C=O) groups is 1. The van der Waals surface area contributed by atoms with Gasteiger partial charge in [0.1, 0.15) is 6.33 Å². The van der Waals surface area contributed by atoms with E-state index in [2.05, 4.69) is 30.3 Å². The maximum absolute atomic E-state index is 12.8. The summed E-state index contributed by atoms with van der Waals surface area (Å²) in [5.41, 5.74) is 0.300. The molecule has 4 rings (SSSR count). The van der Waals surface area contributed by atoms with Crippen molar-refractivity contribution in [3.05, 3.63) is 52.5 Å². The van der Waals surface area contributed by atoms with Crippen molar-refractivity contribution in [2.75, 3.05) is 0 Å². The molecule has 2 aromatic heterocycles. The standard InChI is InChI=1S/C20H24N6O2/c1-13(18-15-9-5-6-10-16(15)20(28)25-24-18)19(27)21-11-17-23-22-12-26(17)14-7-3-2-4-8-14/h5-6,9-10,12-14H,2-4,7-8,11H2,1H3,(H,21,27)(H,25,28). The van der Waals surface area contributed by atoms with Gasteiger partial charge in [-0.25, -0.2) is 5.10 Å². The Morgan fingerprint density at radius 2 is 2.00 bits per heavy atom. The fourth-order valence-electron chi connectivity index (χ4n) is 3.97. The predicted octanol–water partition coefficient (Wildman–Crippen LogP) is 2.44. The Morgan fingerprint density at radius 1 is 1.25 bits per heavy atom. The van der Waals surface area contributed by atoms with Crippen molar-refractivity contribution in [2.24, 2.45) is 0 Å². The highest BCUT2D eigenvalue weighted by molar-refractivity contribution is 5.90. The van der Waals surface area contributed by atoms with Gasteiger partial charge in [0.05, 0.1) is 23.5 Å². The van der Waals surface area contributed by atoms with E-state index >= 15 is 0 Å². The Kier molecular flexibility index (Phi) is 5.18. The van der Waals surface area contributed by atoms with Gasteiger partial charge in [0, 0.05) is 11.4 Å². The number of H-pyrrole nitrogens is 1. The normalized spacial score (nSPS) is 16.2. The first-order chi connectivity index (χ1) is 13.6. The van der Waals surface area contributed by atoms with E-state index in [4.69, 9.17) is 0 Å². The Labute approximate surface area is 162 Å². The van der Waals surface area contributed by atoms with E-state index in [1.165, 1.54) is 19.3 Å². The summed E-state index contributed by atoms with van der Waals surface area (Å²) in [5.74, 6) is 0.0995. The highest BCUT2D eigenvalue weighted by Gasteiger charge is 2.22. The van der Waals surface area contributed by atoms with Gasteiger partial charge in [0.25, 0.3) is 5.56 Å². The number of aromatic amines is 1. The third-order valence-corrected chi connectivity index (χ3v) is 5.57. The summed E-state index contributed by atoms with van der Waals surface area (Å²) < 4.78 is 2.09. The van der Waals surface area contributed by atoms with Gasteiger partial charge in [-0.05, 0) is 25.8 Å². The number of nitrogens with one attached hydrogen (secondary N) is 2. The van der Waals surface area contributed by atoms with Crippen LogP contribution in [0, 0.1) is 0 Å². The lowest BCUT2D eigenvalue weighted by Gasteiger charge is -2.24. The molecule has 1 aliphatic carbocycles. The molecule has 1 unspecified atom stereocenters.